The summed E-state index contributed by atoms with van der Waals surface area (Å²) in [6.07, 6.45) is -0.0609. The number of para-hydroxylation sites is 1. The number of nitrogens with zero attached hydrogens (tertiary/aromatic N) is 2. The van der Waals surface area contributed by atoms with Gasteiger partial charge in [0.05, 0.1) is 17.3 Å². The second-order valence-electron chi connectivity index (χ2n) is 6.16. The van der Waals surface area contributed by atoms with Crippen LogP contribution in [0.15, 0.2) is 58.1 Å². The van der Waals surface area contributed by atoms with Gasteiger partial charge in [-0.25, -0.2) is 4.79 Å². The molecule has 2 rings (SSSR count). The van der Waals surface area contributed by atoms with Crippen LogP contribution in [0.4, 0.5) is 5.69 Å². The number of hydrogen-bond donors (Lipinski definition) is 0. The molecular weight excluding hydrogens is 400 g/mol. The summed E-state index contributed by atoms with van der Waals surface area (Å²) >= 11 is 5.28. The van der Waals surface area contributed by atoms with Crippen LogP contribution in [0, 0.1) is 4.91 Å². The molecule has 0 N–H and O–H groups in total. The van der Waals surface area contributed by atoms with E-state index in [1.165, 1.54) is 12.1 Å². The molecule has 0 aliphatic rings. The maximum Gasteiger partial charge on any atom is 0.347 e. The fraction of sp³-hybridized carbons (Fsp3) is 0.211. The van der Waals surface area contributed by atoms with Gasteiger partial charge in [0.25, 0.3) is 0 Å². The molecule has 7 nitrogen and oxygen atoms in total. The zero-order chi connectivity index (χ0) is 20.6. The molecule has 2 aromatic carbocycles. The maximum absolute atomic E-state index is 12.5. The lowest BCUT2D eigenvalue weighted by Gasteiger charge is -2.18. The molecule has 0 heterocycles. The summed E-state index contributed by atoms with van der Waals surface area (Å²) in [5, 5.41) is 2.25. The lowest BCUT2D eigenvalue weighted by atomic mass is 10.1. The van der Waals surface area contributed by atoms with Crippen molar-refractivity contribution in [2.75, 3.05) is 0 Å². The van der Waals surface area contributed by atoms with E-state index in [4.69, 9.17) is 9.47 Å². The molecule has 0 bridgehead atoms. The Morgan fingerprint density at radius 3 is 2.43 bits per heavy atom. The summed E-state index contributed by atoms with van der Waals surface area (Å²) < 4.78 is 12.6. The number of hydrogen-bond acceptors (Lipinski definition) is 9. The zero-order valence-corrected chi connectivity index (χ0v) is 16.7. The Kier molecular flexibility index (Phi) is 7.57. The SMILES string of the molecule is CC(C)(CC(=O)Oc1ccccc1C(=O)Oc1ccc(N=C=S)cc1)SN=O. The van der Waals surface area contributed by atoms with Gasteiger partial charge in [0, 0.05) is 21.3 Å². The molecule has 0 atom stereocenters. The molecular formula is C19H16N2O5S2. The minimum atomic E-state index is -0.721. The number of carbonyl (C=O) groups is 2. The number of thiocarbonyl (C=S) groups is 1. The molecule has 0 unspecified atom stereocenters. The summed E-state index contributed by atoms with van der Waals surface area (Å²) in [5.74, 6) is -0.912. The van der Waals surface area contributed by atoms with E-state index in [1.807, 2.05) is 0 Å². The first kappa shape index (κ1) is 21.4. The number of carbonyl (C=O) groups excluding carboxylic acids is 2. The van der Waals surface area contributed by atoms with Crippen LogP contribution in [0.3, 0.4) is 0 Å². The Labute approximate surface area is 171 Å². The van der Waals surface area contributed by atoms with Crippen molar-refractivity contribution in [1.29, 1.82) is 0 Å². The van der Waals surface area contributed by atoms with Gasteiger partial charge >= 0.3 is 11.9 Å². The van der Waals surface area contributed by atoms with E-state index < -0.39 is 16.7 Å². The predicted molar refractivity (Wildman–Crippen MR) is 110 cm³/mol. The van der Waals surface area contributed by atoms with E-state index >= 15 is 0 Å². The zero-order valence-electron chi connectivity index (χ0n) is 15.1. The standard InChI is InChI=1S/C19H16N2O5S2/c1-19(2,28-21-24)11-17(22)26-16-6-4-3-5-15(16)18(23)25-14-9-7-13(8-10-14)20-12-27/h3-10H,11H2,1-2H3. The summed E-state index contributed by atoms with van der Waals surface area (Å²) in [7, 11) is 0. The number of benzene rings is 2. The van der Waals surface area contributed by atoms with Gasteiger partial charge in [-0.2, -0.15) is 4.99 Å². The molecule has 0 aliphatic heterocycles. The minimum absolute atomic E-state index is 0.0609. The van der Waals surface area contributed by atoms with Gasteiger partial charge in [-0.3, -0.25) is 4.79 Å². The van der Waals surface area contributed by atoms with Crippen LogP contribution >= 0.6 is 24.2 Å². The predicted octanol–water partition coefficient (Wildman–Crippen LogP) is 5.13. The summed E-state index contributed by atoms with van der Waals surface area (Å²) in [5.41, 5.74) is 0.672. The third-order valence-electron chi connectivity index (χ3n) is 3.41. The summed E-state index contributed by atoms with van der Waals surface area (Å²) in [6, 6.07) is 12.6. The summed E-state index contributed by atoms with van der Waals surface area (Å²) in [4.78, 5) is 38.9. The molecule has 0 spiro atoms. The molecule has 0 radical (unpaired) electrons. The second-order valence-corrected chi connectivity index (χ2v) is 7.78. The highest BCUT2D eigenvalue weighted by Crippen LogP contribution is 2.30. The highest BCUT2D eigenvalue weighted by molar-refractivity contribution is 7.99. The Hall–Kier alpha value is -2.87. The van der Waals surface area contributed by atoms with Crippen molar-refractivity contribution >= 4 is 47.0 Å². The largest absolute Gasteiger partial charge is 0.426 e. The number of esters is 2. The van der Waals surface area contributed by atoms with Crippen LogP contribution < -0.4 is 9.47 Å². The fourth-order valence-corrected chi connectivity index (χ4v) is 2.66. The van der Waals surface area contributed by atoms with E-state index in [0.29, 0.717) is 11.4 Å². The quantitative estimate of drug-likeness (QED) is 0.147. The molecule has 0 saturated carbocycles. The van der Waals surface area contributed by atoms with Crippen LogP contribution in [-0.2, 0) is 4.79 Å². The number of nitroso groups, excluding NO2 is 1. The first-order valence-corrected chi connectivity index (χ1v) is 9.23. The van der Waals surface area contributed by atoms with E-state index in [-0.39, 0.29) is 17.7 Å². The Morgan fingerprint density at radius 2 is 1.79 bits per heavy atom. The maximum atomic E-state index is 12.5. The van der Waals surface area contributed by atoms with Gasteiger partial charge in [-0.05, 0) is 62.5 Å². The number of rotatable bonds is 8. The van der Waals surface area contributed by atoms with Gasteiger partial charge in [0.15, 0.2) is 0 Å². The van der Waals surface area contributed by atoms with Crippen molar-refractivity contribution < 1.29 is 19.1 Å². The highest BCUT2D eigenvalue weighted by atomic mass is 32.2. The second kappa shape index (κ2) is 9.89. The first-order chi connectivity index (χ1) is 13.3. The van der Waals surface area contributed by atoms with Gasteiger partial charge in [-0.1, -0.05) is 12.1 Å². The van der Waals surface area contributed by atoms with Crippen molar-refractivity contribution in [1.82, 2.24) is 0 Å². The Bertz CT molecular complexity index is 922. The summed E-state index contributed by atoms with van der Waals surface area (Å²) in [6.45, 7) is 3.38. The molecule has 2 aromatic rings. The lowest BCUT2D eigenvalue weighted by Crippen LogP contribution is -2.23. The van der Waals surface area contributed by atoms with Crippen molar-refractivity contribution in [3.05, 3.63) is 59.0 Å². The molecule has 0 saturated heterocycles. The molecule has 28 heavy (non-hydrogen) atoms. The average Bonchev–Trinajstić information content (AvgIpc) is 2.63. The van der Waals surface area contributed by atoms with E-state index in [0.717, 1.165) is 11.9 Å². The molecule has 0 aromatic heterocycles. The lowest BCUT2D eigenvalue weighted by molar-refractivity contribution is -0.134. The van der Waals surface area contributed by atoms with Crippen molar-refractivity contribution in [3.63, 3.8) is 0 Å². The minimum Gasteiger partial charge on any atom is -0.426 e. The highest BCUT2D eigenvalue weighted by Gasteiger charge is 2.26. The van der Waals surface area contributed by atoms with Gasteiger partial charge in [-0.15, -0.1) is 4.91 Å². The van der Waals surface area contributed by atoms with Crippen molar-refractivity contribution in [2.24, 2.45) is 9.57 Å². The smallest absolute Gasteiger partial charge is 0.347 e. The van der Waals surface area contributed by atoms with E-state index in [2.05, 4.69) is 27.0 Å². The molecule has 0 amide bonds. The molecule has 0 fully saturated rings. The first-order valence-electron chi connectivity index (χ1n) is 8.05. The van der Waals surface area contributed by atoms with Crippen LogP contribution in [0.5, 0.6) is 11.5 Å². The van der Waals surface area contributed by atoms with Crippen LogP contribution in [-0.4, -0.2) is 21.8 Å². The van der Waals surface area contributed by atoms with Crippen LogP contribution in [0.1, 0.15) is 30.6 Å². The van der Waals surface area contributed by atoms with Crippen LogP contribution in [0.2, 0.25) is 0 Å². The van der Waals surface area contributed by atoms with Crippen molar-refractivity contribution in [2.45, 2.75) is 25.0 Å². The Morgan fingerprint density at radius 1 is 1.11 bits per heavy atom. The number of isothiocyanates is 1. The normalized spacial score (nSPS) is 10.5. The third kappa shape index (κ3) is 6.38. The number of ether oxygens (including phenoxy) is 2. The molecule has 144 valence electrons. The third-order valence-corrected chi connectivity index (χ3v) is 4.21. The van der Waals surface area contributed by atoms with Gasteiger partial charge in [0.2, 0.25) is 0 Å². The van der Waals surface area contributed by atoms with Gasteiger partial charge < -0.3 is 9.47 Å². The topological polar surface area (TPSA) is 94.4 Å². The number of aliphatic imine (C=N–C) groups is 1. The average molecular weight is 416 g/mol. The van der Waals surface area contributed by atoms with Crippen LogP contribution in [0.25, 0.3) is 0 Å². The Balaban J connectivity index is 2.11. The fourth-order valence-electron chi connectivity index (χ4n) is 2.17. The van der Waals surface area contributed by atoms with E-state index in [9.17, 15) is 14.5 Å². The monoisotopic (exact) mass is 416 g/mol. The molecule has 9 heteroatoms. The molecule has 0 aliphatic carbocycles. The van der Waals surface area contributed by atoms with Gasteiger partial charge in [0.1, 0.15) is 17.1 Å². The van der Waals surface area contributed by atoms with Crippen molar-refractivity contribution in [3.8, 4) is 11.5 Å². The van der Waals surface area contributed by atoms with E-state index in [1.54, 1.807) is 50.2 Å².